The van der Waals surface area contributed by atoms with Gasteiger partial charge < -0.3 is 9.15 Å². The summed E-state index contributed by atoms with van der Waals surface area (Å²) in [6, 6.07) is 16.7. The number of carbonyl (C=O) groups excluding carboxylic acids is 3. The van der Waals surface area contributed by atoms with Crippen LogP contribution in [0, 0.1) is 0 Å². The van der Waals surface area contributed by atoms with Gasteiger partial charge in [-0.25, -0.2) is 4.79 Å². The predicted octanol–water partition coefficient (Wildman–Crippen LogP) is 4.61. The van der Waals surface area contributed by atoms with E-state index in [1.807, 2.05) is 0 Å². The van der Waals surface area contributed by atoms with Gasteiger partial charge in [0.05, 0.1) is 22.9 Å². The molecular weight excluding hydrogens is 464 g/mol. The molecule has 1 aliphatic rings. The second-order valence-electron chi connectivity index (χ2n) is 6.91. The quantitative estimate of drug-likeness (QED) is 0.248. The Morgan fingerprint density at radius 1 is 1.12 bits per heavy atom. The van der Waals surface area contributed by atoms with Crippen molar-refractivity contribution in [2.75, 3.05) is 11.5 Å². The Labute approximate surface area is 199 Å². The van der Waals surface area contributed by atoms with Gasteiger partial charge >= 0.3 is 5.97 Å². The summed E-state index contributed by atoms with van der Waals surface area (Å²) in [4.78, 5) is 38.6. The first-order valence-electron chi connectivity index (χ1n) is 9.92. The molecule has 0 aliphatic carbocycles. The van der Waals surface area contributed by atoms with E-state index in [-0.39, 0.29) is 10.7 Å². The summed E-state index contributed by atoms with van der Waals surface area (Å²) in [5.74, 6) is -0.861. The Morgan fingerprint density at radius 3 is 2.55 bits per heavy atom. The molecular formula is C24H17ClN2O5S. The first-order chi connectivity index (χ1) is 15.9. The van der Waals surface area contributed by atoms with E-state index in [0.717, 1.165) is 0 Å². The van der Waals surface area contributed by atoms with E-state index < -0.39 is 17.8 Å². The van der Waals surface area contributed by atoms with E-state index in [4.69, 9.17) is 33.0 Å². The molecule has 2 aromatic carbocycles. The van der Waals surface area contributed by atoms with Crippen LogP contribution in [0.4, 0.5) is 5.69 Å². The molecule has 0 saturated carbocycles. The highest BCUT2D eigenvalue weighted by molar-refractivity contribution is 7.80. The number of halogens is 1. The summed E-state index contributed by atoms with van der Waals surface area (Å²) in [7, 11) is 0. The number of carbonyl (C=O) groups is 3. The largest absolute Gasteiger partial charge is 0.462 e. The molecule has 1 aliphatic heterocycles. The van der Waals surface area contributed by atoms with Gasteiger partial charge in [-0.2, -0.15) is 0 Å². The molecule has 1 saturated heterocycles. The molecule has 1 N–H and O–H groups in total. The van der Waals surface area contributed by atoms with E-state index in [0.29, 0.717) is 40.0 Å². The molecule has 0 unspecified atom stereocenters. The van der Waals surface area contributed by atoms with Crippen molar-refractivity contribution in [1.29, 1.82) is 0 Å². The molecule has 4 rings (SSSR count). The highest BCUT2D eigenvalue weighted by Gasteiger charge is 2.35. The maximum absolute atomic E-state index is 13.1. The number of rotatable bonds is 5. The van der Waals surface area contributed by atoms with Crippen LogP contribution in [0.3, 0.4) is 0 Å². The molecule has 7 nitrogen and oxygen atoms in total. The third kappa shape index (κ3) is 4.57. The van der Waals surface area contributed by atoms with Crippen LogP contribution >= 0.6 is 23.8 Å². The fraction of sp³-hybridized carbons (Fsp3) is 0.0833. The first kappa shape index (κ1) is 22.4. The lowest BCUT2D eigenvalue weighted by Crippen LogP contribution is -2.54. The zero-order chi connectivity index (χ0) is 23.5. The van der Waals surface area contributed by atoms with Crippen molar-refractivity contribution in [3.05, 3.63) is 82.6 Å². The van der Waals surface area contributed by atoms with Crippen LogP contribution in [0.15, 0.2) is 70.7 Å². The minimum absolute atomic E-state index is 0.0583. The third-order valence-electron chi connectivity index (χ3n) is 4.79. The van der Waals surface area contributed by atoms with Crippen molar-refractivity contribution < 1.29 is 23.5 Å². The zero-order valence-corrected chi connectivity index (χ0v) is 18.9. The van der Waals surface area contributed by atoms with Gasteiger partial charge in [0.2, 0.25) is 0 Å². The molecule has 0 bridgehead atoms. The Balaban J connectivity index is 1.61. The van der Waals surface area contributed by atoms with E-state index in [1.165, 1.54) is 11.0 Å². The van der Waals surface area contributed by atoms with Crippen LogP contribution in [0.1, 0.15) is 23.0 Å². The number of para-hydroxylation sites is 1. The molecule has 3 aromatic rings. The average molecular weight is 481 g/mol. The number of nitrogens with zero attached hydrogens (tertiary/aromatic N) is 1. The van der Waals surface area contributed by atoms with Crippen LogP contribution in [-0.4, -0.2) is 29.5 Å². The van der Waals surface area contributed by atoms with Crippen molar-refractivity contribution >= 4 is 58.5 Å². The summed E-state index contributed by atoms with van der Waals surface area (Å²) in [5, 5.41) is 2.76. The van der Waals surface area contributed by atoms with E-state index in [2.05, 4.69) is 5.32 Å². The molecule has 166 valence electrons. The highest BCUT2D eigenvalue weighted by atomic mass is 35.5. The van der Waals surface area contributed by atoms with Crippen LogP contribution < -0.4 is 10.2 Å². The van der Waals surface area contributed by atoms with E-state index in [9.17, 15) is 14.4 Å². The first-order valence-corrected chi connectivity index (χ1v) is 10.7. The Morgan fingerprint density at radius 2 is 1.85 bits per heavy atom. The van der Waals surface area contributed by atoms with Crippen molar-refractivity contribution in [3.8, 4) is 11.3 Å². The van der Waals surface area contributed by atoms with Crippen molar-refractivity contribution in [2.24, 2.45) is 0 Å². The van der Waals surface area contributed by atoms with Crippen LogP contribution in [-0.2, 0) is 14.3 Å². The maximum Gasteiger partial charge on any atom is 0.338 e. The number of ether oxygens (including phenoxy) is 1. The van der Waals surface area contributed by atoms with Gasteiger partial charge in [-0.1, -0.05) is 35.9 Å². The van der Waals surface area contributed by atoms with Crippen LogP contribution in [0.5, 0.6) is 0 Å². The van der Waals surface area contributed by atoms with Crippen molar-refractivity contribution in [2.45, 2.75) is 6.92 Å². The molecule has 1 aromatic heterocycles. The average Bonchev–Trinajstić information content (AvgIpc) is 3.27. The highest BCUT2D eigenvalue weighted by Crippen LogP contribution is 2.30. The van der Waals surface area contributed by atoms with Crippen molar-refractivity contribution in [3.63, 3.8) is 0 Å². The molecule has 0 radical (unpaired) electrons. The topological polar surface area (TPSA) is 88.9 Å². The number of benzene rings is 2. The van der Waals surface area contributed by atoms with Crippen LogP contribution in [0.25, 0.3) is 17.4 Å². The SMILES string of the molecule is CCOC(=O)c1ccc(-c2ccc(/C=C3\C(=O)NC(=S)N(c4ccccc4Cl)C3=O)o2)cc1. The minimum Gasteiger partial charge on any atom is -0.462 e. The molecule has 9 heteroatoms. The number of hydrogen-bond acceptors (Lipinski definition) is 6. The lowest BCUT2D eigenvalue weighted by molar-refractivity contribution is -0.122. The van der Waals surface area contributed by atoms with Gasteiger partial charge in [0.1, 0.15) is 17.1 Å². The molecule has 0 spiro atoms. The number of nitrogens with one attached hydrogen (secondary N) is 1. The van der Waals surface area contributed by atoms with Gasteiger partial charge in [-0.15, -0.1) is 0 Å². The number of esters is 1. The molecule has 33 heavy (non-hydrogen) atoms. The minimum atomic E-state index is -0.634. The Hall–Kier alpha value is -3.75. The lowest BCUT2D eigenvalue weighted by Gasteiger charge is -2.29. The fourth-order valence-electron chi connectivity index (χ4n) is 3.22. The maximum atomic E-state index is 13.1. The second-order valence-corrected chi connectivity index (χ2v) is 7.70. The normalized spacial score (nSPS) is 15.0. The van der Waals surface area contributed by atoms with Gasteiger partial charge in [-0.05, 0) is 61.6 Å². The second kappa shape index (κ2) is 9.40. The molecule has 2 heterocycles. The third-order valence-corrected chi connectivity index (χ3v) is 5.39. The van der Waals surface area contributed by atoms with Gasteiger partial charge in [0.15, 0.2) is 5.11 Å². The van der Waals surface area contributed by atoms with E-state index in [1.54, 1.807) is 67.6 Å². The van der Waals surface area contributed by atoms with Gasteiger partial charge in [-0.3, -0.25) is 19.8 Å². The number of thiocarbonyl (C=S) groups is 1. The molecule has 1 fully saturated rings. The fourth-order valence-corrected chi connectivity index (χ4v) is 3.72. The summed E-state index contributed by atoms with van der Waals surface area (Å²) < 4.78 is 10.8. The zero-order valence-electron chi connectivity index (χ0n) is 17.3. The number of amides is 2. The smallest absolute Gasteiger partial charge is 0.338 e. The van der Waals surface area contributed by atoms with Gasteiger partial charge in [0, 0.05) is 5.56 Å². The number of furan rings is 1. The van der Waals surface area contributed by atoms with Crippen molar-refractivity contribution in [1.82, 2.24) is 5.32 Å². The summed E-state index contributed by atoms with van der Waals surface area (Å²) >= 11 is 11.4. The summed E-state index contributed by atoms with van der Waals surface area (Å²) in [5.41, 5.74) is 1.35. The lowest BCUT2D eigenvalue weighted by atomic mass is 10.1. The summed E-state index contributed by atoms with van der Waals surface area (Å²) in [6.45, 7) is 2.03. The standard InChI is InChI=1S/C24H17ClN2O5S/c1-2-31-23(30)15-9-7-14(8-10-15)20-12-11-16(32-20)13-17-21(28)26-24(33)27(22(17)29)19-6-4-3-5-18(19)25/h3-13H,2H2,1H3,(H,26,28,33)/b17-13+. The van der Waals surface area contributed by atoms with E-state index >= 15 is 0 Å². The number of anilines is 1. The van der Waals surface area contributed by atoms with Crippen LogP contribution in [0.2, 0.25) is 5.02 Å². The Bertz CT molecular complexity index is 1300. The molecule has 0 atom stereocenters. The van der Waals surface area contributed by atoms with Gasteiger partial charge in [0.25, 0.3) is 11.8 Å². The Kier molecular flexibility index (Phi) is 6.39. The monoisotopic (exact) mass is 480 g/mol. The number of hydrogen-bond donors (Lipinski definition) is 1. The molecule has 2 amide bonds. The summed E-state index contributed by atoms with van der Waals surface area (Å²) in [6.07, 6.45) is 1.35. The predicted molar refractivity (Wildman–Crippen MR) is 128 cm³/mol.